The topological polar surface area (TPSA) is 54.5 Å². The van der Waals surface area contributed by atoms with Crippen molar-refractivity contribution in [3.63, 3.8) is 0 Å². The van der Waals surface area contributed by atoms with Gasteiger partial charge in [-0.05, 0) is 63.0 Å². The summed E-state index contributed by atoms with van der Waals surface area (Å²) in [6.07, 6.45) is 8.22. The van der Waals surface area contributed by atoms with Crippen molar-refractivity contribution in [1.82, 2.24) is 15.2 Å². The zero-order chi connectivity index (χ0) is 19.4. The van der Waals surface area contributed by atoms with E-state index in [9.17, 15) is 4.79 Å². The Bertz CT molecular complexity index is 785. The number of amides is 1. The number of rotatable bonds is 4. The Balaban J connectivity index is 1.63. The van der Waals surface area contributed by atoms with E-state index >= 15 is 0 Å². The number of ether oxygens (including phenoxy) is 1. The number of likely N-dealkylation sites (tertiary alicyclic amines) is 1. The van der Waals surface area contributed by atoms with Crippen LogP contribution in [-0.4, -0.2) is 41.0 Å². The van der Waals surface area contributed by atoms with Crippen LogP contribution in [0.4, 0.5) is 0 Å². The summed E-state index contributed by atoms with van der Waals surface area (Å²) in [5, 5.41) is 3.37. The highest BCUT2D eigenvalue weighted by molar-refractivity contribution is 5.86. The van der Waals surface area contributed by atoms with Crippen LogP contribution in [0, 0.1) is 6.92 Å². The van der Waals surface area contributed by atoms with E-state index in [0.29, 0.717) is 12.8 Å². The van der Waals surface area contributed by atoms with Crippen molar-refractivity contribution in [3.05, 3.63) is 59.9 Å². The summed E-state index contributed by atoms with van der Waals surface area (Å²) in [4.78, 5) is 20.2. The van der Waals surface area contributed by atoms with Crippen molar-refractivity contribution in [1.29, 1.82) is 0 Å². The number of nitrogens with zero attached hydrogens (tertiary/aromatic N) is 2. The third kappa shape index (κ3) is 3.90. The fourth-order valence-electron chi connectivity index (χ4n) is 4.38. The lowest BCUT2D eigenvalue weighted by Gasteiger charge is -2.44. The highest BCUT2D eigenvalue weighted by atomic mass is 16.5. The normalized spacial score (nSPS) is 21.9. The molecule has 0 radical (unpaired) electrons. The van der Waals surface area contributed by atoms with Crippen molar-refractivity contribution in [2.45, 2.75) is 50.7 Å². The summed E-state index contributed by atoms with van der Waals surface area (Å²) in [5.41, 5.74) is 1.51. The van der Waals surface area contributed by atoms with Crippen LogP contribution in [0.15, 0.2) is 48.8 Å². The standard InChI is InChI=1S/C23H29N3O2/c1-18-7-9-20(10-8-18)28-23(11-14-24-15-12-23)22(27)26-16-3-2-6-21(26)19-5-4-13-25-17-19/h4-5,7-10,13,17,21,24H,2-3,6,11-12,14-16H2,1H3. The quantitative estimate of drug-likeness (QED) is 0.881. The molecule has 2 saturated heterocycles. The number of hydrogen-bond acceptors (Lipinski definition) is 4. The van der Waals surface area contributed by atoms with Gasteiger partial charge in [0, 0.05) is 31.8 Å². The van der Waals surface area contributed by atoms with E-state index in [1.54, 1.807) is 6.20 Å². The second-order valence-corrected chi connectivity index (χ2v) is 7.96. The Morgan fingerprint density at radius 2 is 1.96 bits per heavy atom. The van der Waals surface area contributed by atoms with E-state index in [2.05, 4.69) is 28.2 Å². The van der Waals surface area contributed by atoms with Gasteiger partial charge in [-0.15, -0.1) is 0 Å². The number of piperidine rings is 2. The Kier molecular flexibility index (Phi) is 5.62. The van der Waals surface area contributed by atoms with Crippen LogP contribution in [-0.2, 0) is 4.79 Å². The van der Waals surface area contributed by atoms with Gasteiger partial charge in [-0.2, -0.15) is 0 Å². The van der Waals surface area contributed by atoms with Crippen molar-refractivity contribution in [2.75, 3.05) is 19.6 Å². The van der Waals surface area contributed by atoms with Gasteiger partial charge in [0.2, 0.25) is 0 Å². The van der Waals surface area contributed by atoms with Crippen LogP contribution in [0.25, 0.3) is 0 Å². The number of aryl methyl sites for hydroxylation is 1. The van der Waals surface area contributed by atoms with Crippen molar-refractivity contribution < 1.29 is 9.53 Å². The van der Waals surface area contributed by atoms with E-state index in [1.165, 1.54) is 5.56 Å². The second kappa shape index (κ2) is 8.31. The minimum absolute atomic E-state index is 0.0864. The Morgan fingerprint density at radius 3 is 2.68 bits per heavy atom. The van der Waals surface area contributed by atoms with Crippen LogP contribution in [0.1, 0.15) is 49.3 Å². The number of carbonyl (C=O) groups is 1. The number of aromatic nitrogens is 1. The van der Waals surface area contributed by atoms with Crippen molar-refractivity contribution in [2.24, 2.45) is 0 Å². The lowest BCUT2D eigenvalue weighted by molar-refractivity contribution is -0.155. The van der Waals surface area contributed by atoms with Crippen LogP contribution >= 0.6 is 0 Å². The van der Waals surface area contributed by atoms with Gasteiger partial charge in [-0.3, -0.25) is 9.78 Å². The minimum atomic E-state index is -0.793. The minimum Gasteiger partial charge on any atom is -0.477 e. The molecular weight excluding hydrogens is 350 g/mol. The van der Waals surface area contributed by atoms with Gasteiger partial charge in [-0.1, -0.05) is 23.8 Å². The maximum atomic E-state index is 13.9. The van der Waals surface area contributed by atoms with E-state index in [4.69, 9.17) is 4.74 Å². The molecule has 0 saturated carbocycles. The molecule has 1 atom stereocenters. The van der Waals surface area contributed by atoms with Crippen molar-refractivity contribution in [3.8, 4) is 5.75 Å². The molecule has 28 heavy (non-hydrogen) atoms. The second-order valence-electron chi connectivity index (χ2n) is 7.96. The molecule has 1 amide bonds. The SMILES string of the molecule is Cc1ccc(OC2(C(=O)N3CCCCC3c3cccnc3)CCNCC2)cc1. The molecule has 2 aliphatic heterocycles. The zero-order valence-corrected chi connectivity index (χ0v) is 16.6. The summed E-state index contributed by atoms with van der Waals surface area (Å²) < 4.78 is 6.45. The lowest BCUT2D eigenvalue weighted by atomic mass is 9.87. The Morgan fingerprint density at radius 1 is 1.18 bits per heavy atom. The maximum Gasteiger partial charge on any atom is 0.267 e. The predicted molar refractivity (Wildman–Crippen MR) is 109 cm³/mol. The molecule has 5 heteroatoms. The summed E-state index contributed by atoms with van der Waals surface area (Å²) in [6.45, 7) is 4.43. The molecule has 1 unspecified atom stereocenters. The third-order valence-corrected chi connectivity index (χ3v) is 5.97. The number of pyridine rings is 1. The average molecular weight is 380 g/mol. The van der Waals surface area contributed by atoms with Crippen LogP contribution in [0.5, 0.6) is 5.75 Å². The predicted octanol–water partition coefficient (Wildman–Crippen LogP) is 3.64. The Labute approximate surface area is 167 Å². The van der Waals surface area contributed by atoms with Crippen LogP contribution in [0.2, 0.25) is 0 Å². The van der Waals surface area contributed by atoms with Gasteiger partial charge in [0.05, 0.1) is 6.04 Å². The third-order valence-electron chi connectivity index (χ3n) is 5.97. The van der Waals surface area contributed by atoms with Crippen LogP contribution < -0.4 is 10.1 Å². The first-order valence-electron chi connectivity index (χ1n) is 10.4. The van der Waals surface area contributed by atoms with Gasteiger partial charge in [0.1, 0.15) is 5.75 Å². The molecule has 0 spiro atoms. The van der Waals surface area contributed by atoms with Gasteiger partial charge in [0.25, 0.3) is 5.91 Å². The maximum absolute atomic E-state index is 13.9. The molecule has 5 nitrogen and oxygen atoms in total. The molecule has 2 aromatic rings. The molecule has 1 aromatic heterocycles. The van der Waals surface area contributed by atoms with Crippen LogP contribution in [0.3, 0.4) is 0 Å². The molecule has 0 bridgehead atoms. The fourth-order valence-corrected chi connectivity index (χ4v) is 4.38. The van der Waals surface area contributed by atoms with E-state index < -0.39 is 5.60 Å². The summed E-state index contributed by atoms with van der Waals surface area (Å²) in [7, 11) is 0. The molecule has 1 aromatic carbocycles. The monoisotopic (exact) mass is 379 g/mol. The van der Waals surface area contributed by atoms with E-state index in [-0.39, 0.29) is 11.9 Å². The summed E-state index contributed by atoms with van der Waals surface area (Å²) >= 11 is 0. The smallest absolute Gasteiger partial charge is 0.267 e. The highest BCUT2D eigenvalue weighted by Gasteiger charge is 2.46. The first-order chi connectivity index (χ1) is 13.7. The summed E-state index contributed by atoms with van der Waals surface area (Å²) in [5.74, 6) is 0.902. The van der Waals surface area contributed by atoms with Gasteiger partial charge < -0.3 is 15.0 Å². The van der Waals surface area contributed by atoms with Gasteiger partial charge >= 0.3 is 0 Å². The molecule has 1 N–H and O–H groups in total. The largest absolute Gasteiger partial charge is 0.477 e. The van der Waals surface area contributed by atoms with Gasteiger partial charge in [0.15, 0.2) is 5.60 Å². The molecule has 2 fully saturated rings. The zero-order valence-electron chi connectivity index (χ0n) is 16.6. The van der Waals surface area contributed by atoms with Crippen molar-refractivity contribution >= 4 is 5.91 Å². The average Bonchev–Trinajstić information content (AvgIpc) is 2.76. The van der Waals surface area contributed by atoms with E-state index in [0.717, 1.165) is 50.2 Å². The van der Waals surface area contributed by atoms with Gasteiger partial charge in [-0.25, -0.2) is 0 Å². The lowest BCUT2D eigenvalue weighted by Crippen LogP contribution is -2.58. The molecule has 4 rings (SSSR count). The molecule has 0 aliphatic carbocycles. The first-order valence-corrected chi connectivity index (χ1v) is 10.4. The highest BCUT2D eigenvalue weighted by Crippen LogP contribution is 2.36. The molecule has 3 heterocycles. The molecular formula is C23H29N3O2. The number of nitrogens with one attached hydrogen (secondary N) is 1. The Hall–Kier alpha value is -2.40. The number of benzene rings is 1. The molecule has 2 aliphatic rings. The number of hydrogen-bond donors (Lipinski definition) is 1. The van der Waals surface area contributed by atoms with E-state index in [1.807, 2.05) is 36.5 Å². The summed E-state index contributed by atoms with van der Waals surface area (Å²) in [6, 6.07) is 12.1. The number of carbonyl (C=O) groups excluding carboxylic acids is 1. The molecule has 148 valence electrons. The fraction of sp³-hybridized carbons (Fsp3) is 0.478. The first kappa shape index (κ1) is 18.9.